The van der Waals surface area contributed by atoms with E-state index in [1.165, 1.54) is 12.1 Å². The second-order valence-corrected chi connectivity index (χ2v) is 11.3. The van der Waals surface area contributed by atoms with Gasteiger partial charge in [0.2, 0.25) is 0 Å². The molecule has 1 atom stereocenters. The Morgan fingerprint density at radius 3 is 1.51 bits per heavy atom. The topological polar surface area (TPSA) is 44.8 Å². The van der Waals surface area contributed by atoms with E-state index in [1.807, 2.05) is 41.5 Å². The molecule has 0 aliphatic carbocycles. The number of rotatable bonds is 12. The third kappa shape index (κ3) is 10.6. The van der Waals surface area contributed by atoms with Crippen molar-refractivity contribution in [3.8, 4) is 17.2 Å². The van der Waals surface area contributed by atoms with Gasteiger partial charge in [-0.2, -0.15) is 26.3 Å². The molecule has 0 aromatic heterocycles. The normalized spacial score (nSPS) is 12.4. The van der Waals surface area contributed by atoms with Crippen LogP contribution in [0.15, 0.2) is 30.3 Å². The molecule has 0 bridgehead atoms. The van der Waals surface area contributed by atoms with Crippen molar-refractivity contribution in [3.05, 3.63) is 47.0 Å². The van der Waals surface area contributed by atoms with E-state index in [0.717, 1.165) is 0 Å². The summed E-state index contributed by atoms with van der Waals surface area (Å²) in [5.74, 6) is 0.850. The summed E-state index contributed by atoms with van der Waals surface area (Å²) in [6, 6.07) is 4.57. The van der Waals surface area contributed by atoms with Crippen molar-refractivity contribution < 1.29 is 65.6 Å². The van der Waals surface area contributed by atoms with Gasteiger partial charge in [0.15, 0.2) is 5.52 Å². The number of carbonyl (C=O) groups excluding carboxylic acids is 1. The van der Waals surface area contributed by atoms with E-state index in [1.54, 1.807) is 0 Å². The molecular weight excluding hydrogens is 540 g/mol. The molecule has 0 radical (unpaired) electrons. The minimum atomic E-state index is -5.17. The van der Waals surface area contributed by atoms with Crippen LogP contribution in [-0.4, -0.2) is 25.3 Å². The zero-order valence-electron chi connectivity index (χ0n) is 24.1. The molecule has 0 heterocycles. The first-order valence-electron chi connectivity index (χ1n) is 12.2. The van der Waals surface area contributed by atoms with E-state index in [0.29, 0.717) is 30.6 Å². The average Bonchev–Trinajstić information content (AvgIpc) is 2.79. The van der Waals surface area contributed by atoms with E-state index in [-0.39, 0.29) is 68.1 Å². The molecule has 0 saturated heterocycles. The molecule has 0 N–H and O–H groups in total. The Morgan fingerprint density at radius 1 is 0.769 bits per heavy atom. The SMILES string of the molecule is CC(C)COc1cc(OCC(C)C)c(PC(=O)c2c(C(F)(F)F)cccc2C(F)(F)F)c(OCC(C)C)c1.[H-].[Li+]. The maximum absolute atomic E-state index is 13.7. The van der Waals surface area contributed by atoms with Crippen LogP contribution in [0, 0.1) is 17.8 Å². The van der Waals surface area contributed by atoms with Crippen LogP contribution >= 0.6 is 8.58 Å². The molecule has 214 valence electrons. The molecule has 1 unspecified atom stereocenters. The number of carbonyl (C=O) groups is 1. The van der Waals surface area contributed by atoms with Crippen LogP contribution in [0.25, 0.3) is 0 Å². The van der Waals surface area contributed by atoms with Gasteiger partial charge in [-0.25, -0.2) is 0 Å². The van der Waals surface area contributed by atoms with Gasteiger partial charge < -0.3 is 15.6 Å². The monoisotopic (exact) mass is 574 g/mol. The molecule has 4 nitrogen and oxygen atoms in total. The summed E-state index contributed by atoms with van der Waals surface area (Å²) >= 11 is 0. The van der Waals surface area contributed by atoms with Crippen molar-refractivity contribution in [2.24, 2.45) is 17.8 Å². The molecule has 0 spiro atoms. The van der Waals surface area contributed by atoms with E-state index < -0.39 is 43.1 Å². The number of hydrogen-bond donors (Lipinski definition) is 0. The van der Waals surface area contributed by atoms with Crippen molar-refractivity contribution >= 4 is 19.4 Å². The van der Waals surface area contributed by atoms with E-state index in [2.05, 4.69) is 0 Å². The molecule has 0 aliphatic rings. The van der Waals surface area contributed by atoms with E-state index in [9.17, 15) is 31.1 Å². The van der Waals surface area contributed by atoms with Gasteiger partial charge in [0.25, 0.3) is 0 Å². The van der Waals surface area contributed by atoms with Crippen LogP contribution < -0.4 is 38.4 Å². The van der Waals surface area contributed by atoms with Gasteiger partial charge in [0.05, 0.1) is 36.3 Å². The zero-order valence-corrected chi connectivity index (χ0v) is 24.1. The van der Waals surface area contributed by atoms with Crippen molar-refractivity contribution in [2.75, 3.05) is 19.8 Å². The van der Waals surface area contributed by atoms with Crippen LogP contribution in [-0.2, 0) is 12.4 Å². The number of benzene rings is 2. The Labute approximate surface area is 240 Å². The van der Waals surface area contributed by atoms with Gasteiger partial charge in [-0.1, -0.05) is 47.6 Å². The Morgan fingerprint density at radius 2 is 1.15 bits per heavy atom. The third-order valence-electron chi connectivity index (χ3n) is 4.91. The van der Waals surface area contributed by atoms with Crippen molar-refractivity contribution in [2.45, 2.75) is 53.9 Å². The zero-order chi connectivity index (χ0) is 28.8. The van der Waals surface area contributed by atoms with Crippen LogP contribution in [0.5, 0.6) is 17.2 Å². The van der Waals surface area contributed by atoms with Gasteiger partial charge in [-0.3, -0.25) is 4.79 Å². The number of alkyl halides is 6. The Kier molecular flexibility index (Phi) is 13.2. The first-order chi connectivity index (χ1) is 17.5. The predicted molar refractivity (Wildman–Crippen MR) is 137 cm³/mol. The second kappa shape index (κ2) is 14.7. The molecule has 12 heteroatoms. The summed E-state index contributed by atoms with van der Waals surface area (Å²) in [5, 5.41) is 0.0818. The van der Waals surface area contributed by atoms with Gasteiger partial charge in [0.1, 0.15) is 17.2 Å². The van der Waals surface area contributed by atoms with Crippen LogP contribution in [0.4, 0.5) is 26.3 Å². The molecule has 0 saturated carbocycles. The predicted octanol–water partition coefficient (Wildman–Crippen LogP) is 5.09. The largest absolute Gasteiger partial charge is 1.00 e. The van der Waals surface area contributed by atoms with Crippen LogP contribution in [0.3, 0.4) is 0 Å². The molecule has 2 aromatic carbocycles. The van der Waals surface area contributed by atoms with Gasteiger partial charge in [-0.15, -0.1) is 0 Å². The molecule has 2 rings (SSSR count). The molecule has 0 amide bonds. The Balaban J connectivity index is 0.00000760. The third-order valence-corrected chi connectivity index (χ3v) is 6.13. The fourth-order valence-electron chi connectivity index (χ4n) is 3.22. The summed E-state index contributed by atoms with van der Waals surface area (Å²) < 4.78 is 99.8. The summed E-state index contributed by atoms with van der Waals surface area (Å²) in [6.45, 7) is 12.1. The minimum absolute atomic E-state index is 0. The second-order valence-electron chi connectivity index (χ2n) is 10.1. The summed E-state index contributed by atoms with van der Waals surface area (Å²) in [4.78, 5) is 13.3. The first kappa shape index (κ1) is 35.1. The van der Waals surface area contributed by atoms with Crippen LogP contribution in [0.1, 0.15) is 64.5 Å². The van der Waals surface area contributed by atoms with Crippen molar-refractivity contribution in [1.82, 2.24) is 0 Å². The molecule has 2 aromatic rings. The number of ether oxygens (including phenoxy) is 3. The standard InChI is InChI=1S/C27H33F6O4P.Li.H/c1-15(2)12-35-18-10-21(36-13-16(3)4)24(22(11-18)37-14-17(5)6)38-25(34)23-19(26(28,29)30)8-7-9-20(23)27(31,32)33;;/h7-11,15-17,38H,12-14H2,1-6H3;;/q;+1;-1. The maximum atomic E-state index is 13.7. The summed E-state index contributed by atoms with van der Waals surface area (Å²) in [6.07, 6.45) is -10.3. The quantitative estimate of drug-likeness (QED) is 0.201. The summed E-state index contributed by atoms with van der Waals surface area (Å²) in [5.41, 5.74) is -6.03. The molecule has 0 fully saturated rings. The Bertz CT molecular complexity index is 1040. The number of hydrogen-bond acceptors (Lipinski definition) is 4. The fourth-order valence-corrected chi connectivity index (χ4v) is 4.38. The van der Waals surface area contributed by atoms with Gasteiger partial charge >= 0.3 is 31.2 Å². The van der Waals surface area contributed by atoms with E-state index in [4.69, 9.17) is 14.2 Å². The molecule has 0 aliphatic heterocycles. The van der Waals surface area contributed by atoms with E-state index >= 15 is 0 Å². The Hall–Kier alpha value is -1.88. The summed E-state index contributed by atoms with van der Waals surface area (Å²) in [7, 11) is -1.14. The van der Waals surface area contributed by atoms with Gasteiger partial charge in [0, 0.05) is 17.7 Å². The van der Waals surface area contributed by atoms with Crippen LogP contribution in [0.2, 0.25) is 0 Å². The fraction of sp³-hybridized carbons (Fsp3) is 0.519. The number of halogens is 6. The average molecular weight is 574 g/mol. The maximum Gasteiger partial charge on any atom is 1.00 e. The van der Waals surface area contributed by atoms with Crippen molar-refractivity contribution in [3.63, 3.8) is 0 Å². The van der Waals surface area contributed by atoms with Crippen molar-refractivity contribution in [1.29, 1.82) is 0 Å². The molecule has 39 heavy (non-hydrogen) atoms. The smallest absolute Gasteiger partial charge is 1.00 e. The minimum Gasteiger partial charge on any atom is -1.00 e. The first-order valence-corrected chi connectivity index (χ1v) is 13.2. The molecular formula is C27H34F6LiO4P. The van der Waals surface area contributed by atoms with Gasteiger partial charge in [-0.05, 0) is 38.5 Å².